The predicted molar refractivity (Wildman–Crippen MR) is 98.9 cm³/mol. The molecule has 4 heteroatoms. The molecule has 124 valence electrons. The zero-order valence-corrected chi connectivity index (χ0v) is 14.2. The topological polar surface area (TPSA) is 46.6 Å². The number of hydrogen-bond acceptors (Lipinski definition) is 1. The van der Waals surface area contributed by atoms with E-state index in [1.165, 1.54) is 15.7 Å². The van der Waals surface area contributed by atoms with Crippen LogP contribution in [0.2, 0.25) is 0 Å². The van der Waals surface area contributed by atoms with Crippen molar-refractivity contribution in [2.45, 2.75) is 13.3 Å². The van der Waals surface area contributed by atoms with Crippen LogP contribution in [0.15, 0.2) is 54.7 Å². The van der Waals surface area contributed by atoms with Crippen LogP contribution in [0.25, 0.3) is 27.1 Å². The number of benzene rings is 2. The van der Waals surface area contributed by atoms with Crippen molar-refractivity contribution in [3.63, 3.8) is 0 Å². The maximum absolute atomic E-state index is 11.6. The highest BCUT2D eigenvalue weighted by molar-refractivity contribution is 5.99. The van der Waals surface area contributed by atoms with Crippen LogP contribution in [0.1, 0.15) is 23.0 Å². The van der Waals surface area contributed by atoms with E-state index in [2.05, 4.69) is 23.9 Å². The lowest BCUT2D eigenvalue weighted by Gasteiger charge is -2.10. The molecule has 0 aliphatic heterocycles. The third-order valence-electron chi connectivity index (χ3n) is 4.37. The summed E-state index contributed by atoms with van der Waals surface area (Å²) in [4.78, 5) is 15.1. The van der Waals surface area contributed by atoms with E-state index < -0.39 is 5.97 Å². The van der Waals surface area contributed by atoms with Crippen LogP contribution in [-0.2, 0) is 13.5 Å². The molecule has 0 bridgehead atoms. The van der Waals surface area contributed by atoms with Crippen LogP contribution in [-0.4, -0.2) is 15.6 Å². The summed E-state index contributed by atoms with van der Waals surface area (Å²) in [5.74, 6) is -1.03. The van der Waals surface area contributed by atoms with E-state index in [9.17, 15) is 9.90 Å². The summed E-state index contributed by atoms with van der Waals surface area (Å²) in [5.41, 5.74) is 5.21. The summed E-state index contributed by atoms with van der Waals surface area (Å²) >= 11 is 0. The second-order valence-electron chi connectivity index (χ2n) is 5.85. The quantitative estimate of drug-likeness (QED) is 0.671. The molecule has 2 aromatic carbocycles. The third-order valence-corrected chi connectivity index (χ3v) is 4.37. The molecule has 0 radical (unpaired) electrons. The molecule has 0 saturated heterocycles. The molecule has 0 unspecified atom stereocenters. The van der Waals surface area contributed by atoms with E-state index in [4.69, 9.17) is 6.57 Å². The largest absolute Gasteiger partial charge is 0.477 e. The van der Waals surface area contributed by atoms with Crippen molar-refractivity contribution in [3.05, 3.63) is 77.4 Å². The Morgan fingerprint density at radius 2 is 1.76 bits per heavy atom. The first kappa shape index (κ1) is 16.5. The molecule has 0 spiro atoms. The molecule has 1 N–H and O–H groups in total. The molecular weight excluding hydrogens is 312 g/mol. The van der Waals surface area contributed by atoms with Gasteiger partial charge in [-0.3, -0.25) is 0 Å². The van der Waals surface area contributed by atoms with E-state index >= 15 is 0 Å². The molecule has 25 heavy (non-hydrogen) atoms. The fourth-order valence-corrected chi connectivity index (χ4v) is 3.16. The maximum atomic E-state index is 11.6. The van der Waals surface area contributed by atoms with Crippen molar-refractivity contribution >= 4 is 11.7 Å². The zero-order valence-electron chi connectivity index (χ0n) is 14.2. The van der Waals surface area contributed by atoms with Crippen LogP contribution in [0.5, 0.6) is 0 Å². The summed E-state index contributed by atoms with van der Waals surface area (Å²) < 4.78 is 1.49. The molecule has 0 fully saturated rings. The van der Waals surface area contributed by atoms with Gasteiger partial charge in [-0.15, -0.1) is 0 Å². The number of aromatic carboxylic acids is 1. The lowest BCUT2D eigenvalue weighted by Crippen LogP contribution is -2.05. The summed E-state index contributed by atoms with van der Waals surface area (Å²) in [7, 11) is 1.65. The van der Waals surface area contributed by atoms with Gasteiger partial charge in [0.1, 0.15) is 5.69 Å². The fraction of sp³-hybridized carbons (Fsp3) is 0.143. The third kappa shape index (κ3) is 2.92. The van der Waals surface area contributed by atoms with Gasteiger partial charge < -0.3 is 9.67 Å². The lowest BCUT2D eigenvalue weighted by molar-refractivity contribution is 0.0687. The Balaban J connectivity index is 2.11. The van der Waals surface area contributed by atoms with Crippen LogP contribution in [0.4, 0.5) is 5.69 Å². The number of hydrogen-bond donors (Lipinski definition) is 1. The number of nitrogens with zero attached hydrogens (tertiary/aromatic N) is 2. The van der Waals surface area contributed by atoms with Crippen molar-refractivity contribution in [2.75, 3.05) is 0 Å². The Morgan fingerprint density at radius 1 is 1.12 bits per heavy atom. The van der Waals surface area contributed by atoms with Gasteiger partial charge in [0.2, 0.25) is 5.69 Å². The number of carboxylic acid groups (broad SMARTS) is 1. The number of carboxylic acids is 1. The van der Waals surface area contributed by atoms with Gasteiger partial charge in [-0.25, -0.2) is 9.64 Å². The van der Waals surface area contributed by atoms with Gasteiger partial charge in [0, 0.05) is 18.8 Å². The molecule has 1 heterocycles. The number of carbonyl (C=O) groups is 1. The van der Waals surface area contributed by atoms with Crippen LogP contribution in [0, 0.1) is 6.57 Å². The molecule has 1 aromatic heterocycles. The van der Waals surface area contributed by atoms with Gasteiger partial charge in [-0.1, -0.05) is 55.5 Å². The van der Waals surface area contributed by atoms with Crippen molar-refractivity contribution in [3.8, 4) is 22.3 Å². The Hall–Kier alpha value is -3.32. The van der Waals surface area contributed by atoms with Gasteiger partial charge >= 0.3 is 5.97 Å². The van der Waals surface area contributed by atoms with E-state index in [0.29, 0.717) is 11.3 Å². The van der Waals surface area contributed by atoms with E-state index in [1.54, 1.807) is 13.2 Å². The van der Waals surface area contributed by atoms with Gasteiger partial charge in [0.05, 0.1) is 6.57 Å². The first-order valence-electron chi connectivity index (χ1n) is 8.05. The minimum absolute atomic E-state index is 0.132. The molecule has 4 nitrogen and oxygen atoms in total. The minimum atomic E-state index is -1.03. The molecule has 0 aliphatic carbocycles. The minimum Gasteiger partial charge on any atom is -0.477 e. The average molecular weight is 330 g/mol. The van der Waals surface area contributed by atoms with Crippen LogP contribution < -0.4 is 0 Å². The highest BCUT2D eigenvalue weighted by Gasteiger charge is 2.21. The van der Waals surface area contributed by atoms with Crippen molar-refractivity contribution in [2.24, 2.45) is 7.05 Å². The fourth-order valence-electron chi connectivity index (χ4n) is 3.16. The maximum Gasteiger partial charge on any atom is 0.351 e. The summed E-state index contributed by atoms with van der Waals surface area (Å²) in [6.45, 7) is 9.46. The van der Waals surface area contributed by atoms with Crippen molar-refractivity contribution in [1.82, 2.24) is 4.57 Å². The molecule has 3 rings (SSSR count). The first-order valence-corrected chi connectivity index (χ1v) is 8.05. The summed E-state index contributed by atoms with van der Waals surface area (Å²) in [6, 6.07) is 16.0. The van der Waals surface area contributed by atoms with Crippen LogP contribution in [0.3, 0.4) is 0 Å². The number of aromatic nitrogens is 1. The molecular formula is C21H18N2O2. The second-order valence-corrected chi connectivity index (χ2v) is 5.85. The Labute approximate surface area is 146 Å². The summed E-state index contributed by atoms with van der Waals surface area (Å²) in [6.07, 6.45) is 2.51. The second kappa shape index (κ2) is 6.66. The Bertz CT molecular complexity index is 976. The van der Waals surface area contributed by atoms with Gasteiger partial charge in [0.15, 0.2) is 0 Å². The monoisotopic (exact) mass is 330 g/mol. The van der Waals surface area contributed by atoms with Gasteiger partial charge in [-0.2, -0.15) is 0 Å². The Morgan fingerprint density at radius 3 is 2.36 bits per heavy atom. The first-order chi connectivity index (χ1) is 12.1. The lowest BCUT2D eigenvalue weighted by atomic mass is 9.95. The number of rotatable bonds is 4. The van der Waals surface area contributed by atoms with Gasteiger partial charge in [-0.05, 0) is 28.7 Å². The number of aryl methyl sites for hydroxylation is 2. The van der Waals surface area contributed by atoms with E-state index in [1.807, 2.05) is 36.4 Å². The van der Waals surface area contributed by atoms with E-state index in [-0.39, 0.29) is 5.69 Å². The molecule has 0 atom stereocenters. The van der Waals surface area contributed by atoms with E-state index in [0.717, 1.165) is 17.5 Å². The standard InChI is InChI=1S/C21H18N2O2/c1-4-14-7-5-6-8-17(14)15-9-11-16(12-10-15)19-18(22-2)13-23(3)20(19)21(24)25/h5-13H,4H2,1,3H3,(H,24,25). The SMILES string of the molecule is [C-]#[N+]c1cn(C)c(C(=O)O)c1-c1ccc(-c2ccccc2CC)cc1. The zero-order chi connectivity index (χ0) is 18.0. The van der Waals surface area contributed by atoms with Crippen molar-refractivity contribution < 1.29 is 9.90 Å². The Kier molecular flexibility index (Phi) is 4.40. The smallest absolute Gasteiger partial charge is 0.351 e. The van der Waals surface area contributed by atoms with Crippen molar-refractivity contribution in [1.29, 1.82) is 0 Å². The normalized spacial score (nSPS) is 10.4. The summed E-state index contributed by atoms with van der Waals surface area (Å²) in [5, 5.41) is 9.49. The average Bonchev–Trinajstić information content (AvgIpc) is 2.98. The molecule has 3 aromatic rings. The molecule has 0 saturated carbocycles. The molecule has 0 amide bonds. The van der Waals surface area contributed by atoms with Crippen LogP contribution >= 0.6 is 0 Å². The highest BCUT2D eigenvalue weighted by Crippen LogP contribution is 2.36. The van der Waals surface area contributed by atoms with Gasteiger partial charge in [0.25, 0.3) is 0 Å². The predicted octanol–water partition coefficient (Wildman–Crippen LogP) is 5.17. The highest BCUT2D eigenvalue weighted by atomic mass is 16.4. The molecule has 0 aliphatic rings.